The molecule has 0 aliphatic carbocycles. The van der Waals surface area contributed by atoms with Gasteiger partial charge in [-0.05, 0) is 26.0 Å². The van der Waals surface area contributed by atoms with Crippen molar-refractivity contribution in [2.45, 2.75) is 13.8 Å². The Morgan fingerprint density at radius 3 is 2.06 bits per heavy atom. The first kappa shape index (κ1) is 12.5. The molecule has 4 heteroatoms. The predicted molar refractivity (Wildman–Crippen MR) is 67.4 cm³/mol. The molecular formula is C12H14ClN3. The Hall–Kier alpha value is -1.61. The third kappa shape index (κ3) is 4.75. The van der Waals surface area contributed by atoms with Crippen LogP contribution in [0.25, 0.3) is 0 Å². The molecule has 0 spiro atoms. The molecule has 0 saturated carbocycles. The second kappa shape index (κ2) is 6.08. The molecular weight excluding hydrogens is 222 g/mol. The molecule has 2 aromatic rings. The summed E-state index contributed by atoms with van der Waals surface area (Å²) in [6.45, 7) is 3.72. The highest BCUT2D eigenvalue weighted by Crippen LogP contribution is 2.03. The lowest BCUT2D eigenvalue weighted by atomic mass is 10.4. The van der Waals surface area contributed by atoms with Gasteiger partial charge in [0.1, 0.15) is 11.6 Å². The van der Waals surface area contributed by atoms with Crippen LogP contribution in [0.1, 0.15) is 11.5 Å². The van der Waals surface area contributed by atoms with Crippen LogP contribution in [-0.2, 0) is 0 Å². The molecule has 2 N–H and O–H groups in total. The zero-order valence-electron chi connectivity index (χ0n) is 9.31. The molecule has 16 heavy (non-hydrogen) atoms. The minimum absolute atomic E-state index is 0.542. The molecule has 0 fully saturated rings. The molecule has 0 bridgehead atoms. The van der Waals surface area contributed by atoms with Gasteiger partial charge in [0.05, 0.1) is 0 Å². The van der Waals surface area contributed by atoms with Gasteiger partial charge in [-0.1, -0.05) is 29.8 Å². The van der Waals surface area contributed by atoms with Gasteiger partial charge in [-0.15, -0.1) is 0 Å². The maximum atomic E-state index is 5.54. The van der Waals surface area contributed by atoms with E-state index in [0.717, 1.165) is 16.5 Å². The van der Waals surface area contributed by atoms with Crippen LogP contribution in [0.3, 0.4) is 0 Å². The van der Waals surface area contributed by atoms with Crippen molar-refractivity contribution in [2.24, 2.45) is 0 Å². The summed E-state index contributed by atoms with van der Waals surface area (Å²) in [5.74, 6) is 1.27. The van der Waals surface area contributed by atoms with E-state index >= 15 is 0 Å². The molecule has 0 amide bonds. The average Bonchev–Trinajstić information content (AvgIpc) is 2.17. The van der Waals surface area contributed by atoms with Crippen LogP contribution in [-0.4, -0.2) is 9.97 Å². The maximum absolute atomic E-state index is 5.54. The van der Waals surface area contributed by atoms with Gasteiger partial charge in [-0.3, -0.25) is 0 Å². The largest absolute Gasteiger partial charge is 0.384 e. The van der Waals surface area contributed by atoms with Crippen molar-refractivity contribution in [3.63, 3.8) is 0 Å². The smallest absolute Gasteiger partial charge is 0.127 e. The second-order valence-electron chi connectivity index (χ2n) is 3.28. The van der Waals surface area contributed by atoms with Gasteiger partial charge in [0, 0.05) is 16.8 Å². The molecule has 2 rings (SSSR count). The Bertz CT molecular complexity index is 393. The number of aromatic nitrogens is 2. The number of halogens is 1. The Kier molecular flexibility index (Phi) is 4.73. The maximum Gasteiger partial charge on any atom is 0.127 e. The van der Waals surface area contributed by atoms with Gasteiger partial charge >= 0.3 is 0 Å². The summed E-state index contributed by atoms with van der Waals surface area (Å²) in [7, 11) is 0. The number of benzene rings is 1. The van der Waals surface area contributed by atoms with E-state index in [1.807, 2.05) is 44.2 Å². The van der Waals surface area contributed by atoms with Crippen molar-refractivity contribution in [1.82, 2.24) is 9.97 Å². The van der Waals surface area contributed by atoms with Gasteiger partial charge in [-0.2, -0.15) is 0 Å². The van der Waals surface area contributed by atoms with Crippen LogP contribution >= 0.6 is 11.6 Å². The number of anilines is 1. The van der Waals surface area contributed by atoms with E-state index < -0.39 is 0 Å². The molecule has 0 saturated heterocycles. The quantitative estimate of drug-likeness (QED) is 0.764. The van der Waals surface area contributed by atoms with Crippen molar-refractivity contribution in [3.05, 3.63) is 52.9 Å². The predicted octanol–water partition coefficient (Wildman–Crippen LogP) is 3.02. The first-order chi connectivity index (χ1) is 7.58. The molecule has 0 atom stereocenters. The summed E-state index contributed by atoms with van der Waals surface area (Å²) in [4.78, 5) is 7.94. The van der Waals surface area contributed by atoms with Gasteiger partial charge in [0.15, 0.2) is 0 Å². The summed E-state index contributed by atoms with van der Waals surface area (Å²) in [6.07, 6.45) is 0. The monoisotopic (exact) mass is 235 g/mol. The lowest BCUT2D eigenvalue weighted by Gasteiger charge is -1.95. The van der Waals surface area contributed by atoms with E-state index in [-0.39, 0.29) is 0 Å². The van der Waals surface area contributed by atoms with Crippen molar-refractivity contribution in [2.75, 3.05) is 5.73 Å². The van der Waals surface area contributed by atoms with Crippen molar-refractivity contribution < 1.29 is 0 Å². The average molecular weight is 236 g/mol. The van der Waals surface area contributed by atoms with Gasteiger partial charge in [-0.25, -0.2) is 9.97 Å². The van der Waals surface area contributed by atoms with Crippen molar-refractivity contribution >= 4 is 17.4 Å². The van der Waals surface area contributed by atoms with Crippen LogP contribution < -0.4 is 5.73 Å². The van der Waals surface area contributed by atoms with E-state index in [4.69, 9.17) is 17.3 Å². The zero-order chi connectivity index (χ0) is 12.0. The second-order valence-corrected chi connectivity index (χ2v) is 3.71. The Morgan fingerprint density at radius 1 is 1.06 bits per heavy atom. The number of hydrogen-bond acceptors (Lipinski definition) is 3. The van der Waals surface area contributed by atoms with Crippen molar-refractivity contribution in [1.29, 1.82) is 0 Å². The topological polar surface area (TPSA) is 51.8 Å². The summed E-state index contributed by atoms with van der Waals surface area (Å²) in [6, 6.07) is 11.2. The SMILES string of the molecule is Cc1cc(N)nc(C)n1.Clc1ccccc1. The third-order valence-electron chi connectivity index (χ3n) is 1.72. The summed E-state index contributed by atoms with van der Waals surface area (Å²) >= 11 is 5.54. The molecule has 84 valence electrons. The Labute approximate surface area is 100 Å². The number of aryl methyl sites for hydroxylation is 2. The fourth-order valence-electron chi connectivity index (χ4n) is 1.16. The van der Waals surface area contributed by atoms with E-state index in [0.29, 0.717) is 5.82 Å². The lowest BCUT2D eigenvalue weighted by Crippen LogP contribution is -1.96. The van der Waals surface area contributed by atoms with Gasteiger partial charge in [0.2, 0.25) is 0 Å². The molecule has 0 aliphatic heterocycles. The molecule has 1 aromatic heterocycles. The fourth-order valence-corrected chi connectivity index (χ4v) is 1.31. The van der Waals surface area contributed by atoms with Crippen molar-refractivity contribution in [3.8, 4) is 0 Å². The molecule has 0 unspecified atom stereocenters. The lowest BCUT2D eigenvalue weighted by molar-refractivity contribution is 1.02. The van der Waals surface area contributed by atoms with Crippen LogP contribution in [0.4, 0.5) is 5.82 Å². The van der Waals surface area contributed by atoms with Crippen LogP contribution in [0.15, 0.2) is 36.4 Å². The summed E-state index contributed by atoms with van der Waals surface area (Å²) in [5, 5.41) is 0.794. The molecule has 1 aromatic carbocycles. The Balaban J connectivity index is 0.000000165. The molecule has 0 aliphatic rings. The first-order valence-electron chi connectivity index (χ1n) is 4.86. The van der Waals surface area contributed by atoms with Crippen LogP contribution in [0.2, 0.25) is 5.02 Å². The minimum Gasteiger partial charge on any atom is -0.384 e. The van der Waals surface area contributed by atoms with E-state index in [1.165, 1.54) is 0 Å². The molecule has 0 radical (unpaired) electrons. The van der Waals surface area contributed by atoms with Crippen LogP contribution in [0.5, 0.6) is 0 Å². The summed E-state index contributed by atoms with van der Waals surface area (Å²) < 4.78 is 0. The van der Waals surface area contributed by atoms with E-state index in [1.54, 1.807) is 6.07 Å². The third-order valence-corrected chi connectivity index (χ3v) is 1.97. The first-order valence-corrected chi connectivity index (χ1v) is 5.24. The number of nitrogen functional groups attached to an aromatic ring is 1. The number of rotatable bonds is 0. The fraction of sp³-hybridized carbons (Fsp3) is 0.167. The van der Waals surface area contributed by atoms with Gasteiger partial charge < -0.3 is 5.73 Å². The zero-order valence-corrected chi connectivity index (χ0v) is 10.1. The molecule has 1 heterocycles. The minimum atomic E-state index is 0.542. The van der Waals surface area contributed by atoms with Gasteiger partial charge in [0.25, 0.3) is 0 Å². The number of hydrogen-bond donors (Lipinski definition) is 1. The van der Waals surface area contributed by atoms with E-state index in [9.17, 15) is 0 Å². The number of nitrogens with two attached hydrogens (primary N) is 1. The normalized spacial score (nSPS) is 9.19. The highest BCUT2D eigenvalue weighted by Gasteiger charge is 1.90. The number of nitrogens with zero attached hydrogens (tertiary/aromatic N) is 2. The molecule has 3 nitrogen and oxygen atoms in total. The highest BCUT2D eigenvalue weighted by molar-refractivity contribution is 6.30. The standard InChI is InChI=1S/C6H5Cl.C6H9N3/c7-6-4-2-1-3-5-6;1-4-3-6(7)9-5(2)8-4/h1-5H;3H,1-2H3,(H2,7,8,9). The van der Waals surface area contributed by atoms with E-state index in [2.05, 4.69) is 9.97 Å². The van der Waals surface area contributed by atoms with Crippen LogP contribution in [0, 0.1) is 13.8 Å². The Morgan fingerprint density at radius 2 is 1.69 bits per heavy atom. The highest BCUT2D eigenvalue weighted by atomic mass is 35.5. The summed E-state index contributed by atoms with van der Waals surface area (Å²) in [5.41, 5.74) is 6.32.